The van der Waals surface area contributed by atoms with E-state index in [9.17, 15) is 4.79 Å². The number of rotatable bonds is 2. The summed E-state index contributed by atoms with van der Waals surface area (Å²) in [7, 11) is 0. The SMILES string of the molecule is CC1(C)CN(c2ccnc(C(=O)O)c2)CC(C)(C)O1. The maximum absolute atomic E-state index is 11.0. The van der Waals surface area contributed by atoms with Gasteiger partial charge in [0.25, 0.3) is 0 Å². The summed E-state index contributed by atoms with van der Waals surface area (Å²) < 4.78 is 6.02. The molecular weight excluding hydrogens is 244 g/mol. The highest BCUT2D eigenvalue weighted by atomic mass is 16.5. The van der Waals surface area contributed by atoms with Crippen LogP contribution in [0.2, 0.25) is 0 Å². The fraction of sp³-hybridized carbons (Fsp3) is 0.571. The molecule has 0 bridgehead atoms. The number of pyridine rings is 1. The fourth-order valence-electron chi connectivity index (χ4n) is 2.70. The Labute approximate surface area is 113 Å². The first-order valence-corrected chi connectivity index (χ1v) is 6.33. The highest BCUT2D eigenvalue weighted by Gasteiger charge is 2.38. The number of aromatic nitrogens is 1. The molecular formula is C14H20N2O3. The van der Waals surface area contributed by atoms with E-state index in [4.69, 9.17) is 9.84 Å². The van der Waals surface area contributed by atoms with E-state index in [1.807, 2.05) is 33.8 Å². The average Bonchev–Trinajstić information content (AvgIpc) is 2.25. The standard InChI is InChI=1S/C14H20N2O3/c1-13(2)8-16(9-14(3,4)19-13)10-5-6-15-11(7-10)12(17)18/h5-7H,8-9H2,1-4H3,(H,17,18). The van der Waals surface area contributed by atoms with Gasteiger partial charge in [0.2, 0.25) is 0 Å². The zero-order valence-electron chi connectivity index (χ0n) is 11.8. The van der Waals surface area contributed by atoms with Crippen molar-refractivity contribution in [3.05, 3.63) is 24.0 Å². The van der Waals surface area contributed by atoms with Gasteiger partial charge < -0.3 is 14.7 Å². The van der Waals surface area contributed by atoms with Crippen LogP contribution in [-0.4, -0.2) is 40.4 Å². The summed E-state index contributed by atoms with van der Waals surface area (Å²) >= 11 is 0. The minimum atomic E-state index is -1.01. The Morgan fingerprint density at radius 1 is 1.32 bits per heavy atom. The monoisotopic (exact) mass is 264 g/mol. The van der Waals surface area contributed by atoms with Gasteiger partial charge in [-0.2, -0.15) is 0 Å². The van der Waals surface area contributed by atoms with Gasteiger partial charge in [-0.1, -0.05) is 0 Å². The van der Waals surface area contributed by atoms with Crippen molar-refractivity contribution < 1.29 is 14.6 Å². The van der Waals surface area contributed by atoms with Gasteiger partial charge >= 0.3 is 5.97 Å². The molecule has 1 fully saturated rings. The zero-order chi connectivity index (χ0) is 14.3. The highest BCUT2D eigenvalue weighted by Crippen LogP contribution is 2.31. The smallest absolute Gasteiger partial charge is 0.354 e. The minimum Gasteiger partial charge on any atom is -0.477 e. The number of nitrogens with zero attached hydrogens (tertiary/aromatic N) is 2. The van der Waals surface area contributed by atoms with Crippen molar-refractivity contribution in [2.24, 2.45) is 0 Å². The Kier molecular flexibility index (Phi) is 3.26. The summed E-state index contributed by atoms with van der Waals surface area (Å²) in [6.07, 6.45) is 1.54. The van der Waals surface area contributed by atoms with Crippen LogP contribution in [0.4, 0.5) is 5.69 Å². The van der Waals surface area contributed by atoms with Crippen LogP contribution in [0.5, 0.6) is 0 Å². The summed E-state index contributed by atoms with van der Waals surface area (Å²) in [5.41, 5.74) is 0.402. The number of anilines is 1. The number of aromatic carboxylic acids is 1. The fourth-order valence-corrected chi connectivity index (χ4v) is 2.70. The van der Waals surface area contributed by atoms with E-state index in [0.717, 1.165) is 18.8 Å². The molecule has 5 heteroatoms. The van der Waals surface area contributed by atoms with Crippen molar-refractivity contribution >= 4 is 11.7 Å². The van der Waals surface area contributed by atoms with Gasteiger partial charge in [0.05, 0.1) is 11.2 Å². The second-order valence-corrected chi connectivity index (χ2v) is 6.18. The number of carbonyl (C=O) groups is 1. The Balaban J connectivity index is 2.30. The molecule has 1 N–H and O–H groups in total. The second kappa shape index (κ2) is 4.49. The van der Waals surface area contributed by atoms with E-state index in [0.29, 0.717) is 0 Å². The van der Waals surface area contributed by atoms with Gasteiger partial charge in [-0.15, -0.1) is 0 Å². The number of ether oxygens (including phenoxy) is 1. The molecule has 0 radical (unpaired) electrons. The summed E-state index contributed by atoms with van der Waals surface area (Å²) in [5.74, 6) is -1.01. The molecule has 0 atom stereocenters. The number of morpholine rings is 1. The maximum atomic E-state index is 11.0. The topological polar surface area (TPSA) is 62.7 Å². The highest BCUT2D eigenvalue weighted by molar-refractivity contribution is 5.86. The van der Waals surface area contributed by atoms with Gasteiger partial charge in [-0.05, 0) is 39.8 Å². The Morgan fingerprint density at radius 2 is 1.89 bits per heavy atom. The van der Waals surface area contributed by atoms with Crippen LogP contribution in [0, 0.1) is 0 Å². The molecule has 1 aliphatic heterocycles. The molecule has 104 valence electrons. The van der Waals surface area contributed by atoms with Crippen LogP contribution in [0.3, 0.4) is 0 Å². The molecule has 0 aliphatic carbocycles. The van der Waals surface area contributed by atoms with E-state index in [-0.39, 0.29) is 16.9 Å². The Morgan fingerprint density at radius 3 is 2.42 bits per heavy atom. The van der Waals surface area contributed by atoms with E-state index in [2.05, 4.69) is 9.88 Å². The third kappa shape index (κ3) is 3.23. The number of carboxylic acid groups (broad SMARTS) is 1. The number of carboxylic acids is 1. The Bertz CT molecular complexity index is 481. The van der Waals surface area contributed by atoms with E-state index in [1.54, 1.807) is 6.07 Å². The maximum Gasteiger partial charge on any atom is 0.354 e. The molecule has 5 nitrogen and oxygen atoms in total. The van der Waals surface area contributed by atoms with Gasteiger partial charge in [0.15, 0.2) is 0 Å². The molecule has 19 heavy (non-hydrogen) atoms. The van der Waals surface area contributed by atoms with Crippen LogP contribution >= 0.6 is 0 Å². The number of hydrogen-bond acceptors (Lipinski definition) is 4. The van der Waals surface area contributed by atoms with Crippen molar-refractivity contribution in [3.8, 4) is 0 Å². The third-order valence-corrected chi connectivity index (χ3v) is 3.02. The average molecular weight is 264 g/mol. The van der Waals surface area contributed by atoms with Crippen LogP contribution in [0.25, 0.3) is 0 Å². The zero-order valence-corrected chi connectivity index (χ0v) is 11.8. The van der Waals surface area contributed by atoms with Crippen LogP contribution in [-0.2, 0) is 4.74 Å². The molecule has 1 aromatic heterocycles. The first-order valence-electron chi connectivity index (χ1n) is 6.33. The molecule has 0 amide bonds. The first kappa shape index (κ1) is 13.8. The van der Waals surface area contributed by atoms with Crippen LogP contribution in [0.1, 0.15) is 38.2 Å². The molecule has 0 aromatic carbocycles. The van der Waals surface area contributed by atoms with Gasteiger partial charge in [0.1, 0.15) is 5.69 Å². The largest absolute Gasteiger partial charge is 0.477 e. The normalized spacial score (nSPS) is 21.2. The summed E-state index contributed by atoms with van der Waals surface area (Å²) in [4.78, 5) is 17.0. The lowest BCUT2D eigenvalue weighted by Crippen LogP contribution is -2.57. The summed E-state index contributed by atoms with van der Waals surface area (Å²) in [6, 6.07) is 3.45. The van der Waals surface area contributed by atoms with Crippen LogP contribution in [0.15, 0.2) is 18.3 Å². The molecule has 0 spiro atoms. The van der Waals surface area contributed by atoms with E-state index >= 15 is 0 Å². The van der Waals surface area contributed by atoms with Crippen molar-refractivity contribution in [1.29, 1.82) is 0 Å². The minimum absolute atomic E-state index is 0.0691. The molecule has 1 saturated heterocycles. The molecule has 0 saturated carbocycles. The van der Waals surface area contributed by atoms with Crippen LogP contribution < -0.4 is 4.90 Å². The van der Waals surface area contributed by atoms with E-state index in [1.165, 1.54) is 6.20 Å². The lowest BCUT2D eigenvalue weighted by molar-refractivity contribution is -0.133. The first-order chi connectivity index (χ1) is 8.69. The quantitative estimate of drug-likeness (QED) is 0.887. The molecule has 1 aliphatic rings. The predicted molar refractivity (Wildman–Crippen MR) is 72.7 cm³/mol. The van der Waals surface area contributed by atoms with Gasteiger partial charge in [-0.3, -0.25) is 0 Å². The van der Waals surface area contributed by atoms with Crippen molar-refractivity contribution in [3.63, 3.8) is 0 Å². The van der Waals surface area contributed by atoms with Crippen molar-refractivity contribution in [2.45, 2.75) is 38.9 Å². The van der Waals surface area contributed by atoms with Crippen molar-refractivity contribution in [2.75, 3.05) is 18.0 Å². The summed E-state index contributed by atoms with van der Waals surface area (Å²) in [5, 5.41) is 9.01. The lowest BCUT2D eigenvalue weighted by Gasteiger charge is -2.48. The third-order valence-electron chi connectivity index (χ3n) is 3.02. The Hall–Kier alpha value is -1.62. The molecule has 1 aromatic rings. The summed E-state index contributed by atoms with van der Waals surface area (Å²) in [6.45, 7) is 9.61. The molecule has 2 heterocycles. The molecule has 2 rings (SSSR count). The molecule has 0 unspecified atom stereocenters. The predicted octanol–water partition coefficient (Wildman–Crippen LogP) is 2.17. The van der Waals surface area contributed by atoms with E-state index < -0.39 is 5.97 Å². The number of hydrogen-bond donors (Lipinski definition) is 1. The van der Waals surface area contributed by atoms with Gasteiger partial charge in [0, 0.05) is 25.0 Å². The lowest BCUT2D eigenvalue weighted by atomic mass is 9.98. The van der Waals surface area contributed by atoms with Crippen molar-refractivity contribution in [1.82, 2.24) is 4.98 Å². The second-order valence-electron chi connectivity index (χ2n) is 6.18. The van der Waals surface area contributed by atoms with Gasteiger partial charge in [-0.25, -0.2) is 9.78 Å².